The quantitative estimate of drug-likeness (QED) is 0.532. The molecule has 1 heterocycles. The number of pyridine rings is 1. The first-order valence-electron chi connectivity index (χ1n) is 7.04. The average Bonchev–Trinajstić information content (AvgIpc) is 2.59. The van der Waals surface area contributed by atoms with E-state index in [4.69, 9.17) is 4.74 Å². The number of hydrogen-bond acceptors (Lipinski definition) is 4. The van der Waals surface area contributed by atoms with E-state index in [1.54, 1.807) is 13.2 Å². The second-order valence-corrected chi connectivity index (χ2v) is 4.95. The third-order valence-corrected chi connectivity index (χ3v) is 3.48. The number of nitro groups is 1. The van der Waals surface area contributed by atoms with Crippen LogP contribution in [0.25, 0.3) is 23.1 Å². The van der Waals surface area contributed by atoms with Crippen LogP contribution in [0.2, 0.25) is 0 Å². The van der Waals surface area contributed by atoms with Gasteiger partial charge in [0, 0.05) is 11.5 Å². The van der Waals surface area contributed by atoms with E-state index in [9.17, 15) is 10.1 Å². The van der Waals surface area contributed by atoms with Gasteiger partial charge in [-0.1, -0.05) is 36.4 Å². The van der Waals surface area contributed by atoms with Crippen LogP contribution in [0.15, 0.2) is 54.6 Å². The van der Waals surface area contributed by atoms with E-state index in [0.29, 0.717) is 11.2 Å². The first-order valence-corrected chi connectivity index (χ1v) is 7.04. The van der Waals surface area contributed by atoms with Gasteiger partial charge in [-0.05, 0) is 29.8 Å². The molecule has 5 heteroatoms. The smallest absolute Gasteiger partial charge is 0.295 e. The van der Waals surface area contributed by atoms with Crippen molar-refractivity contribution in [1.29, 1.82) is 0 Å². The molecular weight excluding hydrogens is 292 g/mol. The highest BCUT2D eigenvalue weighted by Gasteiger charge is 2.12. The van der Waals surface area contributed by atoms with Crippen molar-refractivity contribution in [3.05, 3.63) is 76.0 Å². The first kappa shape index (κ1) is 14.7. The van der Waals surface area contributed by atoms with Crippen molar-refractivity contribution in [1.82, 2.24) is 4.98 Å². The normalized spacial score (nSPS) is 11.0. The van der Waals surface area contributed by atoms with Crippen LogP contribution in [-0.2, 0) is 0 Å². The Kier molecular flexibility index (Phi) is 4.01. The average molecular weight is 306 g/mol. The van der Waals surface area contributed by atoms with Gasteiger partial charge in [0.05, 0.1) is 17.7 Å². The largest absolute Gasteiger partial charge is 0.497 e. The molecule has 2 aromatic carbocycles. The SMILES string of the molecule is COc1ccc(C=Cc2ccc3cccc([N+](=O)[O-])c3n2)cc1. The Morgan fingerprint density at radius 2 is 1.83 bits per heavy atom. The second kappa shape index (κ2) is 6.27. The van der Waals surface area contributed by atoms with Crippen LogP contribution >= 0.6 is 0 Å². The topological polar surface area (TPSA) is 65.3 Å². The van der Waals surface area contributed by atoms with Crippen LogP contribution in [0.4, 0.5) is 5.69 Å². The third kappa shape index (κ3) is 3.18. The summed E-state index contributed by atoms with van der Waals surface area (Å²) in [6, 6.07) is 16.2. The number of non-ortho nitro benzene ring substituents is 1. The van der Waals surface area contributed by atoms with Crippen LogP contribution < -0.4 is 4.74 Å². The number of aromatic nitrogens is 1. The Morgan fingerprint density at radius 3 is 2.52 bits per heavy atom. The summed E-state index contributed by atoms with van der Waals surface area (Å²) < 4.78 is 5.12. The van der Waals surface area contributed by atoms with Crippen molar-refractivity contribution >= 4 is 28.7 Å². The molecule has 0 bridgehead atoms. The lowest BCUT2D eigenvalue weighted by Crippen LogP contribution is -1.92. The summed E-state index contributed by atoms with van der Waals surface area (Å²) in [4.78, 5) is 15.1. The molecule has 0 fully saturated rings. The molecule has 3 aromatic rings. The zero-order valence-electron chi connectivity index (χ0n) is 12.5. The molecule has 3 rings (SSSR count). The number of nitro benzene ring substituents is 1. The van der Waals surface area contributed by atoms with Crippen molar-refractivity contribution < 1.29 is 9.66 Å². The molecule has 0 radical (unpaired) electrons. The predicted molar refractivity (Wildman–Crippen MR) is 90.3 cm³/mol. The summed E-state index contributed by atoms with van der Waals surface area (Å²) in [5, 5.41) is 11.9. The van der Waals surface area contributed by atoms with E-state index in [1.807, 2.05) is 54.6 Å². The van der Waals surface area contributed by atoms with Gasteiger partial charge in [0.25, 0.3) is 5.69 Å². The number of nitrogens with zero attached hydrogens (tertiary/aromatic N) is 2. The van der Waals surface area contributed by atoms with Gasteiger partial charge in [0.1, 0.15) is 11.3 Å². The molecule has 0 N–H and O–H groups in total. The molecule has 0 unspecified atom stereocenters. The van der Waals surface area contributed by atoms with Crippen LogP contribution in [0.5, 0.6) is 5.75 Å². The standard InChI is InChI=1S/C18H14N2O3/c1-23-16-11-6-13(7-12-16)5-9-15-10-8-14-3-2-4-17(20(21)22)18(14)19-15/h2-12H,1H3. The Morgan fingerprint density at radius 1 is 1.04 bits per heavy atom. The molecule has 0 aliphatic heterocycles. The summed E-state index contributed by atoms with van der Waals surface area (Å²) in [6.45, 7) is 0. The Bertz CT molecular complexity index is 886. The molecule has 0 spiro atoms. The third-order valence-electron chi connectivity index (χ3n) is 3.48. The number of methoxy groups -OCH3 is 1. The highest BCUT2D eigenvalue weighted by Crippen LogP contribution is 2.24. The molecule has 5 nitrogen and oxygen atoms in total. The molecule has 0 aliphatic carbocycles. The minimum absolute atomic E-state index is 0.0159. The van der Waals surface area contributed by atoms with E-state index >= 15 is 0 Å². The minimum atomic E-state index is -0.410. The Hall–Kier alpha value is -3.21. The fraction of sp³-hybridized carbons (Fsp3) is 0.0556. The lowest BCUT2D eigenvalue weighted by molar-refractivity contribution is -0.383. The molecule has 0 aliphatic rings. The van der Waals surface area contributed by atoms with Crippen LogP contribution in [0.1, 0.15) is 11.3 Å². The minimum Gasteiger partial charge on any atom is -0.497 e. The summed E-state index contributed by atoms with van der Waals surface area (Å²) in [5.74, 6) is 0.793. The van der Waals surface area contributed by atoms with Crippen molar-refractivity contribution in [3.8, 4) is 5.75 Å². The first-order chi connectivity index (χ1) is 11.2. The van der Waals surface area contributed by atoms with Crippen LogP contribution in [0.3, 0.4) is 0 Å². The van der Waals surface area contributed by atoms with Crippen molar-refractivity contribution in [2.45, 2.75) is 0 Å². The van der Waals surface area contributed by atoms with Crippen molar-refractivity contribution in [3.63, 3.8) is 0 Å². The summed E-state index contributed by atoms with van der Waals surface area (Å²) in [6.07, 6.45) is 3.74. The number of hydrogen-bond donors (Lipinski definition) is 0. The van der Waals surface area contributed by atoms with Gasteiger partial charge < -0.3 is 4.74 Å². The summed E-state index contributed by atoms with van der Waals surface area (Å²) >= 11 is 0. The zero-order valence-corrected chi connectivity index (χ0v) is 12.5. The zero-order chi connectivity index (χ0) is 16.2. The molecule has 23 heavy (non-hydrogen) atoms. The van der Waals surface area contributed by atoms with Gasteiger partial charge in [0.2, 0.25) is 0 Å². The molecule has 0 amide bonds. The summed E-state index contributed by atoms with van der Waals surface area (Å²) in [7, 11) is 1.62. The maximum absolute atomic E-state index is 11.1. The maximum Gasteiger partial charge on any atom is 0.295 e. The molecule has 0 atom stereocenters. The summed E-state index contributed by atoms with van der Waals surface area (Å²) in [5.41, 5.74) is 2.08. The maximum atomic E-state index is 11.1. The van der Waals surface area contributed by atoms with Crippen molar-refractivity contribution in [2.75, 3.05) is 7.11 Å². The molecule has 0 saturated heterocycles. The van der Waals surface area contributed by atoms with E-state index in [0.717, 1.165) is 16.7 Å². The lowest BCUT2D eigenvalue weighted by atomic mass is 10.1. The highest BCUT2D eigenvalue weighted by atomic mass is 16.6. The van der Waals surface area contributed by atoms with Crippen molar-refractivity contribution in [2.24, 2.45) is 0 Å². The van der Waals surface area contributed by atoms with Crippen LogP contribution in [-0.4, -0.2) is 17.0 Å². The highest BCUT2D eigenvalue weighted by molar-refractivity contribution is 5.88. The van der Waals surface area contributed by atoms with E-state index in [-0.39, 0.29) is 5.69 Å². The number of ether oxygens (including phenoxy) is 1. The number of rotatable bonds is 4. The Labute approximate surface area is 133 Å². The van der Waals surface area contributed by atoms with E-state index < -0.39 is 4.92 Å². The van der Waals surface area contributed by atoms with E-state index in [1.165, 1.54) is 6.07 Å². The van der Waals surface area contributed by atoms with Gasteiger partial charge in [-0.3, -0.25) is 10.1 Å². The number of para-hydroxylation sites is 1. The predicted octanol–water partition coefficient (Wildman–Crippen LogP) is 4.32. The van der Waals surface area contributed by atoms with Gasteiger partial charge >= 0.3 is 0 Å². The molecule has 0 saturated carbocycles. The fourth-order valence-electron chi connectivity index (χ4n) is 2.28. The van der Waals surface area contributed by atoms with Gasteiger partial charge in [-0.2, -0.15) is 0 Å². The molecular formula is C18H14N2O3. The molecule has 1 aromatic heterocycles. The van der Waals surface area contributed by atoms with Gasteiger partial charge in [0.15, 0.2) is 0 Å². The Balaban J connectivity index is 1.94. The second-order valence-electron chi connectivity index (χ2n) is 4.95. The van der Waals surface area contributed by atoms with Crippen LogP contribution in [0, 0.1) is 10.1 Å². The lowest BCUT2D eigenvalue weighted by Gasteiger charge is -2.01. The molecule has 114 valence electrons. The van der Waals surface area contributed by atoms with E-state index in [2.05, 4.69) is 4.98 Å². The number of benzene rings is 2. The number of fused-ring (bicyclic) bond motifs is 1. The fourth-order valence-corrected chi connectivity index (χ4v) is 2.28. The van der Waals surface area contributed by atoms with Gasteiger partial charge in [-0.25, -0.2) is 4.98 Å². The van der Waals surface area contributed by atoms with Gasteiger partial charge in [-0.15, -0.1) is 0 Å². The monoisotopic (exact) mass is 306 g/mol.